The largest absolute Gasteiger partial charge is 0.396 e. The number of hydrogen-bond acceptors (Lipinski definition) is 2. The first-order valence-corrected chi connectivity index (χ1v) is 5.05. The SMILES string of the molecule is C=CCCNCC(C)(C)CCCO. The summed E-state index contributed by atoms with van der Waals surface area (Å²) in [5.74, 6) is 0. The molecule has 2 heteroatoms. The van der Waals surface area contributed by atoms with Crippen LogP contribution in [0.2, 0.25) is 0 Å². The number of rotatable bonds is 8. The quantitative estimate of drug-likeness (QED) is 0.447. The minimum Gasteiger partial charge on any atom is -0.396 e. The average Bonchev–Trinajstić information content (AvgIpc) is 2.09. The van der Waals surface area contributed by atoms with Crippen LogP contribution in [0.25, 0.3) is 0 Å². The molecule has 0 atom stereocenters. The van der Waals surface area contributed by atoms with E-state index in [0.29, 0.717) is 12.0 Å². The molecule has 0 rings (SSSR count). The Bertz CT molecular complexity index is 132. The maximum Gasteiger partial charge on any atom is 0.0431 e. The third-order valence-electron chi connectivity index (χ3n) is 2.14. The zero-order chi connectivity index (χ0) is 10.2. The molecule has 0 aliphatic heterocycles. The lowest BCUT2D eigenvalue weighted by molar-refractivity contribution is 0.237. The Hall–Kier alpha value is -0.340. The zero-order valence-corrected chi connectivity index (χ0v) is 8.97. The molecule has 0 spiro atoms. The van der Waals surface area contributed by atoms with E-state index >= 15 is 0 Å². The molecule has 0 saturated carbocycles. The van der Waals surface area contributed by atoms with Crippen molar-refractivity contribution < 1.29 is 5.11 Å². The highest BCUT2D eigenvalue weighted by Crippen LogP contribution is 2.20. The molecule has 0 aliphatic rings. The average molecular weight is 185 g/mol. The standard InChI is InChI=1S/C11H23NO/c1-4-5-8-12-10-11(2,3)7-6-9-13/h4,12-13H,1,5-10H2,2-3H3. The van der Waals surface area contributed by atoms with E-state index in [4.69, 9.17) is 5.11 Å². The lowest BCUT2D eigenvalue weighted by Crippen LogP contribution is -2.30. The normalized spacial score (nSPS) is 11.6. The van der Waals surface area contributed by atoms with Gasteiger partial charge in [0.15, 0.2) is 0 Å². The Kier molecular flexibility index (Phi) is 6.92. The van der Waals surface area contributed by atoms with Gasteiger partial charge in [0, 0.05) is 13.2 Å². The van der Waals surface area contributed by atoms with Crippen molar-refractivity contribution in [2.24, 2.45) is 5.41 Å². The second kappa shape index (κ2) is 7.10. The smallest absolute Gasteiger partial charge is 0.0431 e. The van der Waals surface area contributed by atoms with E-state index in [-0.39, 0.29) is 0 Å². The van der Waals surface area contributed by atoms with Gasteiger partial charge in [-0.3, -0.25) is 0 Å². The van der Waals surface area contributed by atoms with Crippen LogP contribution in [0.4, 0.5) is 0 Å². The van der Waals surface area contributed by atoms with Crippen LogP contribution in [0.5, 0.6) is 0 Å². The van der Waals surface area contributed by atoms with E-state index < -0.39 is 0 Å². The molecule has 0 heterocycles. The lowest BCUT2D eigenvalue weighted by Gasteiger charge is -2.24. The minimum atomic E-state index is 0.296. The Morgan fingerprint density at radius 2 is 2.15 bits per heavy atom. The highest BCUT2D eigenvalue weighted by Gasteiger charge is 2.15. The molecular weight excluding hydrogens is 162 g/mol. The fourth-order valence-electron chi connectivity index (χ4n) is 1.28. The Balaban J connectivity index is 3.44. The maximum atomic E-state index is 8.71. The van der Waals surface area contributed by atoms with E-state index in [1.807, 2.05) is 6.08 Å². The molecule has 13 heavy (non-hydrogen) atoms. The van der Waals surface area contributed by atoms with Crippen LogP contribution >= 0.6 is 0 Å². The van der Waals surface area contributed by atoms with Crippen molar-refractivity contribution in [3.05, 3.63) is 12.7 Å². The summed E-state index contributed by atoms with van der Waals surface area (Å²) in [5, 5.41) is 12.1. The van der Waals surface area contributed by atoms with E-state index in [0.717, 1.165) is 32.4 Å². The van der Waals surface area contributed by atoms with Gasteiger partial charge in [0.2, 0.25) is 0 Å². The van der Waals surface area contributed by atoms with Crippen molar-refractivity contribution in [1.29, 1.82) is 0 Å². The number of aliphatic hydroxyl groups is 1. The van der Waals surface area contributed by atoms with Crippen LogP contribution in [0, 0.1) is 5.41 Å². The third kappa shape index (κ3) is 8.00. The van der Waals surface area contributed by atoms with Crippen LogP contribution in [0.3, 0.4) is 0 Å². The lowest BCUT2D eigenvalue weighted by atomic mass is 9.88. The molecule has 0 radical (unpaired) electrons. The molecule has 0 aromatic carbocycles. The highest BCUT2D eigenvalue weighted by molar-refractivity contribution is 4.73. The summed E-state index contributed by atoms with van der Waals surface area (Å²) in [6.07, 6.45) is 4.92. The van der Waals surface area contributed by atoms with Crippen molar-refractivity contribution in [3.63, 3.8) is 0 Å². The molecule has 0 bridgehead atoms. The van der Waals surface area contributed by atoms with E-state index in [2.05, 4.69) is 25.7 Å². The van der Waals surface area contributed by atoms with Crippen LogP contribution in [0.15, 0.2) is 12.7 Å². The second-order valence-corrected chi connectivity index (χ2v) is 4.25. The van der Waals surface area contributed by atoms with Gasteiger partial charge in [-0.25, -0.2) is 0 Å². The molecule has 0 saturated heterocycles. The van der Waals surface area contributed by atoms with Crippen molar-refractivity contribution in [2.45, 2.75) is 33.1 Å². The highest BCUT2D eigenvalue weighted by atomic mass is 16.2. The van der Waals surface area contributed by atoms with Crippen LogP contribution in [-0.4, -0.2) is 24.8 Å². The van der Waals surface area contributed by atoms with Gasteiger partial charge in [0.1, 0.15) is 0 Å². The first-order valence-electron chi connectivity index (χ1n) is 5.05. The number of nitrogens with one attached hydrogen (secondary N) is 1. The topological polar surface area (TPSA) is 32.3 Å². The van der Waals surface area contributed by atoms with Crippen LogP contribution < -0.4 is 5.32 Å². The van der Waals surface area contributed by atoms with Crippen molar-refractivity contribution in [2.75, 3.05) is 19.7 Å². The van der Waals surface area contributed by atoms with Gasteiger partial charge < -0.3 is 10.4 Å². The predicted molar refractivity (Wildman–Crippen MR) is 57.8 cm³/mol. The van der Waals surface area contributed by atoms with Gasteiger partial charge in [0.05, 0.1) is 0 Å². The second-order valence-electron chi connectivity index (χ2n) is 4.25. The summed E-state index contributed by atoms with van der Waals surface area (Å²) in [6.45, 7) is 10.4. The summed E-state index contributed by atoms with van der Waals surface area (Å²) in [4.78, 5) is 0. The summed E-state index contributed by atoms with van der Waals surface area (Å²) in [5.41, 5.74) is 0.296. The fourth-order valence-corrected chi connectivity index (χ4v) is 1.28. The summed E-state index contributed by atoms with van der Waals surface area (Å²) in [6, 6.07) is 0. The van der Waals surface area contributed by atoms with Crippen molar-refractivity contribution >= 4 is 0 Å². The van der Waals surface area contributed by atoms with Gasteiger partial charge in [0.25, 0.3) is 0 Å². The van der Waals surface area contributed by atoms with E-state index in [1.165, 1.54) is 0 Å². The van der Waals surface area contributed by atoms with Crippen LogP contribution in [0.1, 0.15) is 33.1 Å². The van der Waals surface area contributed by atoms with E-state index in [1.54, 1.807) is 0 Å². The minimum absolute atomic E-state index is 0.296. The molecular formula is C11H23NO. The van der Waals surface area contributed by atoms with Gasteiger partial charge in [-0.05, 0) is 31.2 Å². The molecule has 2 N–H and O–H groups in total. The first kappa shape index (κ1) is 12.7. The Morgan fingerprint density at radius 1 is 1.46 bits per heavy atom. The molecule has 0 unspecified atom stereocenters. The summed E-state index contributed by atoms with van der Waals surface area (Å²) in [7, 11) is 0. The Morgan fingerprint density at radius 3 is 2.69 bits per heavy atom. The molecule has 78 valence electrons. The van der Waals surface area contributed by atoms with Gasteiger partial charge in [-0.1, -0.05) is 19.9 Å². The van der Waals surface area contributed by atoms with Gasteiger partial charge in [-0.15, -0.1) is 6.58 Å². The molecule has 2 nitrogen and oxygen atoms in total. The number of aliphatic hydroxyl groups excluding tert-OH is 1. The fraction of sp³-hybridized carbons (Fsp3) is 0.818. The monoisotopic (exact) mass is 185 g/mol. The third-order valence-corrected chi connectivity index (χ3v) is 2.14. The van der Waals surface area contributed by atoms with Crippen molar-refractivity contribution in [3.8, 4) is 0 Å². The molecule has 0 aromatic rings. The first-order chi connectivity index (χ1) is 6.12. The molecule has 0 amide bonds. The van der Waals surface area contributed by atoms with E-state index in [9.17, 15) is 0 Å². The molecule has 0 aromatic heterocycles. The van der Waals surface area contributed by atoms with Gasteiger partial charge in [-0.2, -0.15) is 0 Å². The zero-order valence-electron chi connectivity index (χ0n) is 8.97. The Labute approximate surface area is 82.0 Å². The summed E-state index contributed by atoms with van der Waals surface area (Å²) >= 11 is 0. The van der Waals surface area contributed by atoms with Crippen molar-refractivity contribution in [1.82, 2.24) is 5.32 Å². The van der Waals surface area contributed by atoms with Gasteiger partial charge >= 0.3 is 0 Å². The number of hydrogen-bond donors (Lipinski definition) is 2. The summed E-state index contributed by atoms with van der Waals surface area (Å²) < 4.78 is 0. The molecule has 0 fully saturated rings. The molecule has 0 aliphatic carbocycles. The van der Waals surface area contributed by atoms with Crippen LogP contribution in [-0.2, 0) is 0 Å². The predicted octanol–water partition coefficient (Wildman–Crippen LogP) is 1.95. The maximum absolute atomic E-state index is 8.71.